The number of aliphatic carboxylic acids is 1. The van der Waals surface area contributed by atoms with Gasteiger partial charge in [0.15, 0.2) is 0 Å². The maximum Gasteiger partial charge on any atom is 0.304 e. The highest BCUT2D eigenvalue weighted by Crippen LogP contribution is 2.52. The number of carbonyl (C=O) groups is 2. The van der Waals surface area contributed by atoms with Crippen LogP contribution < -0.4 is 0 Å². The van der Waals surface area contributed by atoms with Gasteiger partial charge in [0.25, 0.3) is 0 Å². The fraction of sp³-hybridized carbons (Fsp3) is 0.440. The summed E-state index contributed by atoms with van der Waals surface area (Å²) in [5, 5.41) is 21.3. The third-order valence-corrected chi connectivity index (χ3v) is 6.95. The van der Waals surface area contributed by atoms with Crippen LogP contribution in [-0.4, -0.2) is 39.1 Å². The van der Waals surface area contributed by atoms with Crippen molar-refractivity contribution < 1.29 is 19.8 Å². The molecule has 7 heteroatoms. The van der Waals surface area contributed by atoms with Gasteiger partial charge in [-0.3, -0.25) is 9.59 Å². The molecule has 0 aromatic heterocycles. The minimum atomic E-state index is -1.12. The molecule has 2 unspecified atom stereocenters. The van der Waals surface area contributed by atoms with E-state index in [9.17, 15) is 19.8 Å². The zero-order valence-corrected chi connectivity index (χ0v) is 20.0. The van der Waals surface area contributed by atoms with Crippen LogP contribution in [0, 0.1) is 5.41 Å². The van der Waals surface area contributed by atoms with Gasteiger partial charge in [-0.1, -0.05) is 61.3 Å². The molecule has 32 heavy (non-hydrogen) atoms. The van der Waals surface area contributed by atoms with Gasteiger partial charge in [-0.25, -0.2) is 0 Å². The Kier molecular flexibility index (Phi) is 7.53. The lowest BCUT2D eigenvalue weighted by molar-refractivity contribution is -0.163. The molecule has 5 atom stereocenters. The lowest BCUT2D eigenvalue weighted by Gasteiger charge is -2.52. The molecule has 0 bridgehead atoms. The SMILES string of the molecule is CC[C@@H]([C@H](C)O)N1C(=O)[C@@](C)(CC(=O)O)CC(c2cccc(Cl)c2)C1c1ccc(Cl)cc1. The summed E-state index contributed by atoms with van der Waals surface area (Å²) in [5.74, 6) is -1.50. The fourth-order valence-electron chi connectivity index (χ4n) is 5.02. The van der Waals surface area contributed by atoms with Crippen LogP contribution in [-0.2, 0) is 9.59 Å². The number of hydrogen-bond acceptors (Lipinski definition) is 3. The summed E-state index contributed by atoms with van der Waals surface area (Å²) >= 11 is 12.4. The van der Waals surface area contributed by atoms with E-state index < -0.39 is 29.6 Å². The minimum absolute atomic E-state index is 0.218. The molecular formula is C25H29Cl2NO4. The molecule has 0 spiro atoms. The van der Waals surface area contributed by atoms with Crippen molar-refractivity contribution in [1.82, 2.24) is 4.90 Å². The number of halogens is 2. The van der Waals surface area contributed by atoms with Crippen LogP contribution in [0.4, 0.5) is 0 Å². The van der Waals surface area contributed by atoms with Crippen molar-refractivity contribution in [1.29, 1.82) is 0 Å². The molecule has 0 saturated carbocycles. The first-order valence-corrected chi connectivity index (χ1v) is 11.6. The number of amides is 1. The average molecular weight is 478 g/mol. The number of benzene rings is 2. The van der Waals surface area contributed by atoms with E-state index in [1.54, 1.807) is 36.9 Å². The first-order valence-electron chi connectivity index (χ1n) is 10.8. The van der Waals surface area contributed by atoms with Gasteiger partial charge in [0, 0.05) is 16.0 Å². The summed E-state index contributed by atoms with van der Waals surface area (Å²) in [7, 11) is 0. The van der Waals surface area contributed by atoms with Crippen molar-refractivity contribution in [3.05, 3.63) is 69.7 Å². The molecule has 1 heterocycles. The number of nitrogens with zero attached hydrogens (tertiary/aromatic N) is 1. The Morgan fingerprint density at radius 3 is 2.34 bits per heavy atom. The number of rotatable bonds is 7. The predicted octanol–water partition coefficient (Wildman–Crippen LogP) is 5.69. The summed E-state index contributed by atoms with van der Waals surface area (Å²) in [6.45, 7) is 5.29. The van der Waals surface area contributed by atoms with E-state index in [4.69, 9.17) is 23.2 Å². The van der Waals surface area contributed by atoms with Crippen LogP contribution >= 0.6 is 23.2 Å². The summed E-state index contributed by atoms with van der Waals surface area (Å²) < 4.78 is 0. The molecule has 1 saturated heterocycles. The van der Waals surface area contributed by atoms with E-state index in [1.165, 1.54) is 0 Å². The van der Waals surface area contributed by atoms with Gasteiger partial charge < -0.3 is 15.1 Å². The second-order valence-electron chi connectivity index (χ2n) is 8.92. The molecule has 0 radical (unpaired) electrons. The quantitative estimate of drug-likeness (QED) is 0.536. The predicted molar refractivity (Wildman–Crippen MR) is 126 cm³/mol. The standard InChI is InChI=1S/C25H29Cl2NO4/c1-4-21(15(2)29)28-23(16-8-10-18(26)11-9-16)20(17-6-5-7-19(27)12-17)13-25(3,24(28)32)14-22(30)31/h5-12,15,20-21,23,29H,4,13-14H2,1-3H3,(H,30,31)/t15-,20?,21-,23?,25+/m0/s1. The van der Waals surface area contributed by atoms with E-state index >= 15 is 0 Å². The molecule has 1 fully saturated rings. The number of aliphatic hydroxyl groups is 1. The van der Waals surface area contributed by atoms with Gasteiger partial charge in [-0.2, -0.15) is 0 Å². The maximum atomic E-state index is 13.9. The highest BCUT2D eigenvalue weighted by molar-refractivity contribution is 6.30. The third kappa shape index (κ3) is 4.95. The number of carbonyl (C=O) groups excluding carboxylic acids is 1. The molecule has 2 N–H and O–H groups in total. The van der Waals surface area contributed by atoms with E-state index in [0.717, 1.165) is 11.1 Å². The van der Waals surface area contributed by atoms with Crippen molar-refractivity contribution in [3.8, 4) is 0 Å². The highest BCUT2D eigenvalue weighted by Gasteiger charge is 2.52. The Morgan fingerprint density at radius 1 is 1.16 bits per heavy atom. The summed E-state index contributed by atoms with van der Waals surface area (Å²) in [5.41, 5.74) is 0.681. The van der Waals surface area contributed by atoms with E-state index in [-0.39, 0.29) is 18.2 Å². The largest absolute Gasteiger partial charge is 0.481 e. The lowest BCUT2D eigenvalue weighted by Crippen LogP contribution is -2.58. The molecule has 3 rings (SSSR count). The normalized spacial score (nSPS) is 25.4. The van der Waals surface area contributed by atoms with Crippen molar-refractivity contribution in [2.75, 3.05) is 0 Å². The molecule has 172 valence electrons. The number of carboxylic acids is 1. The number of piperidine rings is 1. The molecule has 5 nitrogen and oxygen atoms in total. The summed E-state index contributed by atoms with van der Waals surface area (Å²) in [6, 6.07) is 13.9. The van der Waals surface area contributed by atoms with Crippen LogP contribution in [0.25, 0.3) is 0 Å². The second-order valence-corrected chi connectivity index (χ2v) is 9.79. The fourth-order valence-corrected chi connectivity index (χ4v) is 5.34. The first-order chi connectivity index (χ1) is 15.1. The Hall–Kier alpha value is -2.08. The summed E-state index contributed by atoms with van der Waals surface area (Å²) in [6.07, 6.45) is -0.202. The van der Waals surface area contributed by atoms with Crippen LogP contribution in [0.5, 0.6) is 0 Å². The maximum absolute atomic E-state index is 13.9. The zero-order chi connectivity index (χ0) is 23.6. The average Bonchev–Trinajstić information content (AvgIpc) is 2.71. The smallest absolute Gasteiger partial charge is 0.304 e. The van der Waals surface area contributed by atoms with Gasteiger partial charge in [0.1, 0.15) is 0 Å². The Balaban J connectivity index is 2.25. The van der Waals surface area contributed by atoms with Crippen LogP contribution in [0.2, 0.25) is 10.0 Å². The minimum Gasteiger partial charge on any atom is -0.481 e. The number of likely N-dealkylation sites (tertiary alicyclic amines) is 1. The first kappa shape index (κ1) is 24.6. The van der Waals surface area contributed by atoms with Gasteiger partial charge >= 0.3 is 5.97 Å². The van der Waals surface area contributed by atoms with Gasteiger partial charge in [0.2, 0.25) is 5.91 Å². The van der Waals surface area contributed by atoms with Crippen LogP contribution in [0.15, 0.2) is 48.5 Å². The Morgan fingerprint density at radius 2 is 1.81 bits per heavy atom. The van der Waals surface area contributed by atoms with Crippen molar-refractivity contribution >= 4 is 35.1 Å². The zero-order valence-electron chi connectivity index (χ0n) is 18.5. The third-order valence-electron chi connectivity index (χ3n) is 6.46. The van der Waals surface area contributed by atoms with E-state index in [0.29, 0.717) is 22.9 Å². The molecule has 1 amide bonds. The molecule has 2 aromatic rings. The second kappa shape index (κ2) is 9.82. The molecular weight excluding hydrogens is 449 g/mol. The molecule has 1 aliphatic rings. The Labute approximate surface area is 199 Å². The number of carboxylic acid groups (broad SMARTS) is 1. The molecule has 1 aliphatic heterocycles. The van der Waals surface area contributed by atoms with E-state index in [2.05, 4.69) is 0 Å². The molecule has 2 aromatic carbocycles. The molecule has 0 aliphatic carbocycles. The topological polar surface area (TPSA) is 77.8 Å². The monoisotopic (exact) mass is 477 g/mol. The summed E-state index contributed by atoms with van der Waals surface area (Å²) in [4.78, 5) is 27.3. The highest BCUT2D eigenvalue weighted by atomic mass is 35.5. The van der Waals surface area contributed by atoms with E-state index in [1.807, 2.05) is 37.3 Å². The Bertz CT molecular complexity index is 978. The van der Waals surface area contributed by atoms with Crippen molar-refractivity contribution in [2.24, 2.45) is 5.41 Å². The van der Waals surface area contributed by atoms with Gasteiger partial charge in [-0.05, 0) is 55.2 Å². The number of hydrogen-bond donors (Lipinski definition) is 2. The van der Waals surface area contributed by atoms with Crippen LogP contribution in [0.1, 0.15) is 63.1 Å². The lowest BCUT2D eigenvalue weighted by atomic mass is 9.67. The van der Waals surface area contributed by atoms with Gasteiger partial charge in [0.05, 0.1) is 30.0 Å². The van der Waals surface area contributed by atoms with Gasteiger partial charge in [-0.15, -0.1) is 0 Å². The number of aliphatic hydroxyl groups excluding tert-OH is 1. The van der Waals surface area contributed by atoms with Crippen molar-refractivity contribution in [2.45, 2.75) is 64.1 Å². The van der Waals surface area contributed by atoms with Crippen molar-refractivity contribution in [3.63, 3.8) is 0 Å². The van der Waals surface area contributed by atoms with Crippen LogP contribution in [0.3, 0.4) is 0 Å².